The summed E-state index contributed by atoms with van der Waals surface area (Å²) in [6, 6.07) is 0.479. The molecule has 1 unspecified atom stereocenters. The highest BCUT2D eigenvalue weighted by Gasteiger charge is 2.21. The molecule has 1 atom stereocenters. The van der Waals surface area contributed by atoms with Gasteiger partial charge in [-0.25, -0.2) is 9.67 Å². The zero-order valence-electron chi connectivity index (χ0n) is 7.63. The van der Waals surface area contributed by atoms with E-state index in [4.69, 9.17) is 0 Å². The summed E-state index contributed by atoms with van der Waals surface area (Å²) in [5, 5.41) is 7.52. The molecule has 1 N–H and O–H groups in total. The van der Waals surface area contributed by atoms with Crippen molar-refractivity contribution in [2.45, 2.75) is 25.3 Å². The smallest absolute Gasteiger partial charge is 0.217 e. The SMILES string of the molecule is CNCC1CCCc2nc(Br)nn21. The normalized spacial score (nSPS) is 21.5. The number of hydrogen-bond donors (Lipinski definition) is 1. The van der Waals surface area contributed by atoms with Crippen LogP contribution in [0.4, 0.5) is 0 Å². The lowest BCUT2D eigenvalue weighted by molar-refractivity contribution is 0.353. The number of fused-ring (bicyclic) bond motifs is 1. The van der Waals surface area contributed by atoms with E-state index in [1.807, 2.05) is 11.7 Å². The fourth-order valence-corrected chi connectivity index (χ4v) is 2.21. The molecule has 0 bridgehead atoms. The first-order chi connectivity index (χ1) is 6.31. The molecular formula is C8H13BrN4. The van der Waals surface area contributed by atoms with Crippen molar-refractivity contribution in [3.8, 4) is 0 Å². The molecule has 0 radical (unpaired) electrons. The van der Waals surface area contributed by atoms with Gasteiger partial charge in [-0.3, -0.25) is 0 Å². The van der Waals surface area contributed by atoms with E-state index in [0.717, 1.165) is 18.8 Å². The van der Waals surface area contributed by atoms with Crippen molar-refractivity contribution in [3.05, 3.63) is 10.6 Å². The van der Waals surface area contributed by atoms with Crippen molar-refractivity contribution in [2.24, 2.45) is 0 Å². The van der Waals surface area contributed by atoms with Crippen LogP contribution in [0.1, 0.15) is 24.7 Å². The van der Waals surface area contributed by atoms with E-state index < -0.39 is 0 Å². The van der Waals surface area contributed by atoms with Crippen LogP contribution < -0.4 is 5.32 Å². The summed E-state index contributed by atoms with van der Waals surface area (Å²) in [5.41, 5.74) is 0. The summed E-state index contributed by atoms with van der Waals surface area (Å²) >= 11 is 3.31. The molecule has 0 spiro atoms. The van der Waals surface area contributed by atoms with E-state index in [1.165, 1.54) is 12.8 Å². The molecule has 1 aromatic rings. The second kappa shape index (κ2) is 3.75. The van der Waals surface area contributed by atoms with Gasteiger partial charge in [-0.1, -0.05) is 0 Å². The predicted octanol–water partition coefficient (Wildman–Crippen LogP) is 1.14. The highest BCUT2D eigenvalue weighted by atomic mass is 79.9. The first kappa shape index (κ1) is 9.15. The Bertz CT molecular complexity index is 296. The first-order valence-electron chi connectivity index (χ1n) is 4.57. The second-order valence-electron chi connectivity index (χ2n) is 3.35. The molecule has 0 aromatic carbocycles. The lowest BCUT2D eigenvalue weighted by Gasteiger charge is -2.22. The van der Waals surface area contributed by atoms with Gasteiger partial charge in [0.2, 0.25) is 4.73 Å². The molecule has 1 aliphatic rings. The zero-order valence-corrected chi connectivity index (χ0v) is 9.21. The number of nitrogens with one attached hydrogen (secondary N) is 1. The quantitative estimate of drug-likeness (QED) is 0.849. The number of rotatable bonds is 2. The molecule has 4 nitrogen and oxygen atoms in total. The molecule has 5 heteroatoms. The van der Waals surface area contributed by atoms with E-state index in [-0.39, 0.29) is 0 Å². The van der Waals surface area contributed by atoms with E-state index >= 15 is 0 Å². The third-order valence-corrected chi connectivity index (χ3v) is 2.74. The standard InChI is InChI=1S/C8H13BrN4/c1-10-5-6-3-2-4-7-11-8(9)12-13(6)7/h6,10H,2-5H2,1H3. The molecular weight excluding hydrogens is 232 g/mol. The van der Waals surface area contributed by atoms with Crippen LogP contribution in [0, 0.1) is 0 Å². The highest BCUT2D eigenvalue weighted by molar-refractivity contribution is 9.10. The molecule has 1 aliphatic heterocycles. The highest BCUT2D eigenvalue weighted by Crippen LogP contribution is 2.23. The van der Waals surface area contributed by atoms with E-state index in [2.05, 4.69) is 31.3 Å². The summed E-state index contributed by atoms with van der Waals surface area (Å²) < 4.78 is 2.76. The second-order valence-corrected chi connectivity index (χ2v) is 4.05. The number of hydrogen-bond acceptors (Lipinski definition) is 3. The lowest BCUT2D eigenvalue weighted by atomic mass is 10.1. The first-order valence-corrected chi connectivity index (χ1v) is 5.36. The molecule has 13 heavy (non-hydrogen) atoms. The van der Waals surface area contributed by atoms with Crippen molar-refractivity contribution < 1.29 is 0 Å². The third kappa shape index (κ3) is 1.76. The van der Waals surface area contributed by atoms with Gasteiger partial charge in [0.05, 0.1) is 6.04 Å². The Balaban J connectivity index is 2.25. The van der Waals surface area contributed by atoms with Crippen LogP contribution in [0.25, 0.3) is 0 Å². The van der Waals surface area contributed by atoms with E-state index in [1.54, 1.807) is 0 Å². The molecule has 0 aliphatic carbocycles. The van der Waals surface area contributed by atoms with Crippen LogP contribution in [0.15, 0.2) is 4.73 Å². The van der Waals surface area contributed by atoms with Gasteiger partial charge in [0, 0.05) is 13.0 Å². The summed E-state index contributed by atoms with van der Waals surface area (Å²) in [4.78, 5) is 4.32. The fourth-order valence-electron chi connectivity index (χ4n) is 1.83. The van der Waals surface area contributed by atoms with Crippen LogP contribution in [-0.2, 0) is 6.42 Å². The number of likely N-dealkylation sites (N-methyl/N-ethyl adjacent to an activating group) is 1. The average Bonchev–Trinajstić information content (AvgIpc) is 2.47. The van der Waals surface area contributed by atoms with Crippen molar-refractivity contribution in [2.75, 3.05) is 13.6 Å². The molecule has 0 saturated heterocycles. The monoisotopic (exact) mass is 244 g/mol. The molecule has 2 rings (SSSR count). The predicted molar refractivity (Wildman–Crippen MR) is 53.6 cm³/mol. The summed E-state index contributed by atoms with van der Waals surface area (Å²) in [6.45, 7) is 0.975. The molecule has 0 amide bonds. The molecule has 72 valence electrons. The van der Waals surface area contributed by atoms with Crippen molar-refractivity contribution in [3.63, 3.8) is 0 Å². The topological polar surface area (TPSA) is 42.7 Å². The molecule has 0 saturated carbocycles. The van der Waals surface area contributed by atoms with Crippen LogP contribution >= 0.6 is 15.9 Å². The molecule has 0 fully saturated rings. The Kier molecular flexibility index (Phi) is 2.64. The van der Waals surface area contributed by atoms with Crippen molar-refractivity contribution in [1.82, 2.24) is 20.1 Å². The van der Waals surface area contributed by atoms with Gasteiger partial charge in [0.15, 0.2) is 0 Å². The number of nitrogens with zero attached hydrogens (tertiary/aromatic N) is 3. The Morgan fingerprint density at radius 3 is 3.31 bits per heavy atom. The van der Waals surface area contributed by atoms with Gasteiger partial charge < -0.3 is 5.32 Å². The van der Waals surface area contributed by atoms with Gasteiger partial charge in [-0.2, -0.15) is 0 Å². The number of halogens is 1. The summed E-state index contributed by atoms with van der Waals surface area (Å²) in [6.07, 6.45) is 3.47. The van der Waals surface area contributed by atoms with Crippen molar-refractivity contribution >= 4 is 15.9 Å². The largest absolute Gasteiger partial charge is 0.318 e. The van der Waals surface area contributed by atoms with Gasteiger partial charge in [0.1, 0.15) is 5.82 Å². The zero-order chi connectivity index (χ0) is 9.26. The maximum atomic E-state index is 4.33. The molecule has 1 aromatic heterocycles. The van der Waals surface area contributed by atoms with Crippen molar-refractivity contribution in [1.29, 1.82) is 0 Å². The fraction of sp³-hybridized carbons (Fsp3) is 0.750. The minimum absolute atomic E-state index is 0.479. The maximum absolute atomic E-state index is 4.33. The van der Waals surface area contributed by atoms with Crippen LogP contribution in [0.3, 0.4) is 0 Å². The van der Waals surface area contributed by atoms with Gasteiger partial charge in [-0.05, 0) is 35.8 Å². The lowest BCUT2D eigenvalue weighted by Crippen LogP contribution is -2.27. The maximum Gasteiger partial charge on any atom is 0.217 e. The van der Waals surface area contributed by atoms with E-state index in [9.17, 15) is 0 Å². The Morgan fingerprint density at radius 1 is 1.69 bits per heavy atom. The van der Waals surface area contributed by atoms with Gasteiger partial charge in [0.25, 0.3) is 0 Å². The molecule has 2 heterocycles. The Morgan fingerprint density at radius 2 is 2.54 bits per heavy atom. The Labute approximate surface area is 85.9 Å². The van der Waals surface area contributed by atoms with E-state index in [0.29, 0.717) is 10.8 Å². The van der Waals surface area contributed by atoms with Crippen LogP contribution in [0.2, 0.25) is 0 Å². The van der Waals surface area contributed by atoms with Crippen LogP contribution in [-0.4, -0.2) is 28.4 Å². The summed E-state index contributed by atoms with van der Waals surface area (Å²) in [7, 11) is 1.97. The average molecular weight is 245 g/mol. The number of aryl methyl sites for hydroxylation is 1. The Hall–Kier alpha value is -0.420. The third-order valence-electron chi connectivity index (χ3n) is 2.40. The van der Waals surface area contributed by atoms with Gasteiger partial charge >= 0.3 is 0 Å². The van der Waals surface area contributed by atoms with Crippen LogP contribution in [0.5, 0.6) is 0 Å². The minimum atomic E-state index is 0.479. The summed E-state index contributed by atoms with van der Waals surface area (Å²) in [5.74, 6) is 1.11. The number of aromatic nitrogens is 3. The van der Waals surface area contributed by atoms with Gasteiger partial charge in [-0.15, -0.1) is 5.10 Å². The minimum Gasteiger partial charge on any atom is -0.318 e.